The SMILES string of the molecule is CN(CC(=O)N(C)C(CN1CCOCC1)c1ccc(-c2cccc(NS(C)(=O)=O)c2)cc1)c1ccc(Cl)c(Cl)c1. The molecule has 0 aliphatic carbocycles. The van der Waals surface area contributed by atoms with E-state index in [1.807, 2.05) is 61.5 Å². The number of amides is 1. The number of halogens is 2. The van der Waals surface area contributed by atoms with E-state index in [9.17, 15) is 13.2 Å². The van der Waals surface area contributed by atoms with E-state index in [1.165, 1.54) is 0 Å². The third-order valence-corrected chi connectivity index (χ3v) is 8.25. The molecule has 0 saturated carbocycles. The molecule has 11 heteroatoms. The molecule has 4 rings (SSSR count). The Morgan fingerprint density at radius 2 is 1.68 bits per heavy atom. The Bertz CT molecular complexity index is 1430. The standard InChI is InChI=1S/C29H34Cl2N4O4S/c1-33(25-11-12-26(30)27(31)18-25)20-29(36)34(2)28(19-35-13-15-39-16-14-35)22-9-7-21(8-10-22)23-5-4-6-24(17-23)32-40(3,37)38/h4-12,17-18,28,32H,13-16,19-20H2,1-3H3. The van der Waals surface area contributed by atoms with Crippen molar-refractivity contribution in [2.24, 2.45) is 0 Å². The highest BCUT2D eigenvalue weighted by Crippen LogP contribution is 2.29. The van der Waals surface area contributed by atoms with E-state index < -0.39 is 10.0 Å². The predicted octanol–water partition coefficient (Wildman–Crippen LogP) is 5.00. The lowest BCUT2D eigenvalue weighted by Crippen LogP contribution is -2.45. The van der Waals surface area contributed by atoms with Gasteiger partial charge in [-0.15, -0.1) is 0 Å². The number of nitrogens with one attached hydrogen (secondary N) is 1. The maximum Gasteiger partial charge on any atom is 0.242 e. The number of carbonyl (C=O) groups excluding carboxylic acids is 1. The van der Waals surface area contributed by atoms with Crippen molar-refractivity contribution in [3.8, 4) is 11.1 Å². The molecule has 1 aliphatic rings. The highest BCUT2D eigenvalue weighted by atomic mass is 35.5. The lowest BCUT2D eigenvalue weighted by Gasteiger charge is -2.36. The van der Waals surface area contributed by atoms with Crippen LogP contribution < -0.4 is 9.62 Å². The number of nitrogens with zero attached hydrogens (tertiary/aromatic N) is 3. The Kier molecular flexibility index (Phi) is 9.97. The molecule has 3 aromatic carbocycles. The van der Waals surface area contributed by atoms with Gasteiger partial charge in [-0.25, -0.2) is 8.42 Å². The second-order valence-corrected chi connectivity index (χ2v) is 12.5. The number of benzene rings is 3. The van der Waals surface area contributed by atoms with E-state index in [4.69, 9.17) is 27.9 Å². The number of sulfonamides is 1. The first-order valence-corrected chi connectivity index (χ1v) is 15.5. The lowest BCUT2D eigenvalue weighted by molar-refractivity contribution is -0.131. The molecule has 1 saturated heterocycles. The van der Waals surface area contributed by atoms with Crippen LogP contribution in [0.4, 0.5) is 11.4 Å². The maximum atomic E-state index is 13.5. The van der Waals surface area contributed by atoms with Crippen LogP contribution in [0.2, 0.25) is 10.0 Å². The maximum absolute atomic E-state index is 13.5. The first-order chi connectivity index (χ1) is 19.0. The van der Waals surface area contributed by atoms with Crippen molar-refractivity contribution in [2.45, 2.75) is 6.04 Å². The summed E-state index contributed by atoms with van der Waals surface area (Å²) in [7, 11) is 0.315. The Hall–Kier alpha value is -2.82. The zero-order valence-electron chi connectivity index (χ0n) is 22.8. The Morgan fingerprint density at radius 3 is 2.33 bits per heavy atom. The smallest absolute Gasteiger partial charge is 0.242 e. The summed E-state index contributed by atoms with van der Waals surface area (Å²) >= 11 is 12.3. The number of ether oxygens (including phenoxy) is 1. The predicted molar refractivity (Wildman–Crippen MR) is 163 cm³/mol. The Labute approximate surface area is 246 Å². The zero-order valence-corrected chi connectivity index (χ0v) is 25.1. The van der Waals surface area contributed by atoms with Crippen molar-refractivity contribution < 1.29 is 17.9 Å². The lowest BCUT2D eigenvalue weighted by atomic mass is 9.99. The number of morpholine rings is 1. The van der Waals surface area contributed by atoms with Crippen molar-refractivity contribution in [3.63, 3.8) is 0 Å². The van der Waals surface area contributed by atoms with Crippen molar-refractivity contribution in [1.82, 2.24) is 9.80 Å². The summed E-state index contributed by atoms with van der Waals surface area (Å²) < 4.78 is 31.4. The van der Waals surface area contributed by atoms with Gasteiger partial charge in [0.05, 0.1) is 42.1 Å². The van der Waals surface area contributed by atoms with Crippen LogP contribution in [0.3, 0.4) is 0 Å². The average molecular weight is 606 g/mol. The number of rotatable bonds is 10. The van der Waals surface area contributed by atoms with Crippen LogP contribution in [-0.4, -0.2) is 83.9 Å². The van der Waals surface area contributed by atoms with Crippen LogP contribution in [0, 0.1) is 0 Å². The molecular weight excluding hydrogens is 571 g/mol. The van der Waals surface area contributed by atoms with Gasteiger partial charge in [0.1, 0.15) is 0 Å². The number of anilines is 2. The van der Waals surface area contributed by atoms with Gasteiger partial charge in [-0.2, -0.15) is 0 Å². The van der Waals surface area contributed by atoms with E-state index >= 15 is 0 Å². The van der Waals surface area contributed by atoms with Gasteiger partial charge in [-0.05, 0) is 47.0 Å². The third kappa shape index (κ3) is 8.11. The fourth-order valence-electron chi connectivity index (χ4n) is 4.66. The highest BCUT2D eigenvalue weighted by molar-refractivity contribution is 7.92. The second kappa shape index (κ2) is 13.2. The molecule has 3 aromatic rings. The van der Waals surface area contributed by atoms with Gasteiger partial charge < -0.3 is 14.5 Å². The summed E-state index contributed by atoms with van der Waals surface area (Å²) in [5.74, 6) is -0.0320. The summed E-state index contributed by atoms with van der Waals surface area (Å²) in [5, 5.41) is 0.907. The summed E-state index contributed by atoms with van der Waals surface area (Å²) in [4.78, 5) is 19.5. The molecule has 1 amide bonds. The van der Waals surface area contributed by atoms with E-state index in [-0.39, 0.29) is 18.5 Å². The van der Waals surface area contributed by atoms with Crippen LogP contribution in [0.5, 0.6) is 0 Å². The average Bonchev–Trinajstić information content (AvgIpc) is 2.92. The molecular formula is C29H34Cl2N4O4S. The van der Waals surface area contributed by atoms with E-state index in [0.717, 1.165) is 41.7 Å². The van der Waals surface area contributed by atoms with Crippen molar-refractivity contribution in [2.75, 3.05) is 69.4 Å². The Morgan fingerprint density at radius 1 is 0.975 bits per heavy atom. The fraction of sp³-hybridized carbons (Fsp3) is 0.345. The van der Waals surface area contributed by atoms with Gasteiger partial charge in [-0.3, -0.25) is 14.4 Å². The molecule has 0 aromatic heterocycles. The van der Waals surface area contributed by atoms with Crippen LogP contribution in [0.1, 0.15) is 11.6 Å². The Balaban J connectivity index is 1.54. The molecule has 0 radical (unpaired) electrons. The minimum atomic E-state index is -3.37. The molecule has 1 atom stereocenters. The number of hydrogen-bond donors (Lipinski definition) is 1. The van der Waals surface area contributed by atoms with Gasteiger partial charge >= 0.3 is 0 Å². The molecule has 1 fully saturated rings. The van der Waals surface area contributed by atoms with E-state index in [2.05, 4.69) is 9.62 Å². The molecule has 1 aliphatic heterocycles. The molecule has 1 N–H and O–H groups in total. The van der Waals surface area contributed by atoms with Gasteiger partial charge in [-0.1, -0.05) is 59.6 Å². The fourth-order valence-corrected chi connectivity index (χ4v) is 5.50. The highest BCUT2D eigenvalue weighted by Gasteiger charge is 2.26. The van der Waals surface area contributed by atoms with Gasteiger partial charge in [0.2, 0.25) is 15.9 Å². The summed E-state index contributed by atoms with van der Waals surface area (Å²) in [6, 6.07) is 20.5. The molecule has 1 unspecified atom stereocenters. The molecule has 8 nitrogen and oxygen atoms in total. The van der Waals surface area contributed by atoms with Gasteiger partial charge in [0.25, 0.3) is 0 Å². The molecule has 0 spiro atoms. The third-order valence-electron chi connectivity index (χ3n) is 6.91. The van der Waals surface area contributed by atoms with E-state index in [1.54, 1.807) is 29.2 Å². The molecule has 0 bridgehead atoms. The van der Waals surface area contributed by atoms with Crippen LogP contribution in [0.25, 0.3) is 11.1 Å². The van der Waals surface area contributed by atoms with Gasteiger partial charge in [0, 0.05) is 45.1 Å². The van der Waals surface area contributed by atoms with Crippen LogP contribution >= 0.6 is 23.2 Å². The van der Waals surface area contributed by atoms with Gasteiger partial charge in [0.15, 0.2) is 0 Å². The molecule has 40 heavy (non-hydrogen) atoms. The van der Waals surface area contributed by atoms with Crippen molar-refractivity contribution >= 4 is 50.5 Å². The first kappa shape index (κ1) is 30.1. The van der Waals surface area contributed by atoms with Crippen LogP contribution in [0.15, 0.2) is 66.7 Å². The summed E-state index contributed by atoms with van der Waals surface area (Å²) in [5.41, 5.74) is 4.15. The number of hydrogen-bond acceptors (Lipinski definition) is 6. The first-order valence-electron chi connectivity index (χ1n) is 12.9. The minimum Gasteiger partial charge on any atom is -0.379 e. The zero-order chi connectivity index (χ0) is 28.9. The normalized spacial score (nSPS) is 14.9. The van der Waals surface area contributed by atoms with Crippen molar-refractivity contribution in [3.05, 3.63) is 82.3 Å². The molecule has 1 heterocycles. The quantitative estimate of drug-likeness (QED) is 0.351. The largest absolute Gasteiger partial charge is 0.379 e. The monoisotopic (exact) mass is 604 g/mol. The van der Waals surface area contributed by atoms with E-state index in [0.29, 0.717) is 35.5 Å². The second-order valence-electron chi connectivity index (χ2n) is 9.96. The topological polar surface area (TPSA) is 82.2 Å². The minimum absolute atomic E-state index is 0.0320. The summed E-state index contributed by atoms with van der Waals surface area (Å²) in [6.07, 6.45) is 1.13. The van der Waals surface area contributed by atoms with Crippen molar-refractivity contribution in [1.29, 1.82) is 0 Å². The summed E-state index contributed by atoms with van der Waals surface area (Å²) in [6.45, 7) is 3.80. The number of likely N-dealkylation sites (N-methyl/N-ethyl adjacent to an activating group) is 2. The number of carbonyl (C=O) groups is 1. The molecule has 214 valence electrons. The van der Waals surface area contributed by atoms with Crippen LogP contribution in [-0.2, 0) is 19.6 Å².